The number of nitrogens with zero attached hydrogens (tertiary/aromatic N) is 1. The van der Waals surface area contributed by atoms with Gasteiger partial charge in [0.25, 0.3) is 12.3 Å². The quantitative estimate of drug-likeness (QED) is 0.852. The van der Waals surface area contributed by atoms with Gasteiger partial charge in [-0.25, -0.2) is 8.78 Å². The fourth-order valence-electron chi connectivity index (χ4n) is 2.16. The number of carbonyl (C=O) groups excluding carboxylic acids is 1. The molecule has 0 spiro atoms. The van der Waals surface area contributed by atoms with Crippen molar-refractivity contribution in [2.75, 3.05) is 13.1 Å². The van der Waals surface area contributed by atoms with Gasteiger partial charge in [-0.15, -0.1) is 0 Å². The van der Waals surface area contributed by atoms with Crippen LogP contribution in [-0.4, -0.2) is 36.0 Å². The van der Waals surface area contributed by atoms with Crippen LogP contribution in [0.1, 0.15) is 23.3 Å². The third-order valence-electron chi connectivity index (χ3n) is 3.03. The highest BCUT2D eigenvalue weighted by atomic mass is 19.3. The van der Waals surface area contributed by atoms with Crippen molar-refractivity contribution in [1.29, 1.82) is 0 Å². The summed E-state index contributed by atoms with van der Waals surface area (Å²) >= 11 is 0. The summed E-state index contributed by atoms with van der Waals surface area (Å²) in [5.41, 5.74) is 0.292. The van der Waals surface area contributed by atoms with E-state index in [0.717, 1.165) is 25.9 Å². The van der Waals surface area contributed by atoms with E-state index in [4.69, 9.17) is 0 Å². The molecule has 0 saturated carbocycles. The predicted octanol–water partition coefficient (Wildman–Crippen LogP) is 1.23. The Morgan fingerprint density at radius 2 is 2.44 bits per heavy atom. The molecule has 0 unspecified atom stereocenters. The fourth-order valence-corrected chi connectivity index (χ4v) is 2.16. The Labute approximate surface area is 104 Å². The van der Waals surface area contributed by atoms with E-state index in [2.05, 4.69) is 10.6 Å². The fraction of sp³-hybridized carbons (Fsp3) is 0.583. The molecular formula is C12H17F2N3O. The molecule has 1 fully saturated rings. The number of hydrogen-bond acceptors (Lipinski definition) is 2. The number of amides is 1. The zero-order valence-electron chi connectivity index (χ0n) is 10.0. The lowest BCUT2D eigenvalue weighted by molar-refractivity contribution is 0.0908. The Balaban J connectivity index is 1.97. The second-order valence-corrected chi connectivity index (χ2v) is 4.45. The number of piperidine rings is 1. The van der Waals surface area contributed by atoms with Gasteiger partial charge in [-0.3, -0.25) is 4.79 Å². The van der Waals surface area contributed by atoms with Crippen LogP contribution in [0.3, 0.4) is 0 Å². The summed E-state index contributed by atoms with van der Waals surface area (Å²) in [7, 11) is 0. The van der Waals surface area contributed by atoms with Crippen LogP contribution < -0.4 is 10.6 Å². The van der Waals surface area contributed by atoms with Gasteiger partial charge in [-0.2, -0.15) is 0 Å². The van der Waals surface area contributed by atoms with E-state index in [1.54, 1.807) is 12.1 Å². The first-order valence-corrected chi connectivity index (χ1v) is 6.11. The highest BCUT2D eigenvalue weighted by molar-refractivity contribution is 5.92. The maximum Gasteiger partial charge on any atom is 0.268 e. The normalized spacial score (nSPS) is 20.1. The van der Waals surface area contributed by atoms with Crippen LogP contribution >= 0.6 is 0 Å². The Morgan fingerprint density at radius 3 is 3.11 bits per heavy atom. The van der Waals surface area contributed by atoms with Crippen molar-refractivity contribution in [3.63, 3.8) is 0 Å². The van der Waals surface area contributed by atoms with Crippen LogP contribution in [0.2, 0.25) is 0 Å². The second-order valence-electron chi connectivity index (χ2n) is 4.45. The number of alkyl halides is 2. The number of nitrogens with one attached hydrogen (secondary N) is 2. The smallest absolute Gasteiger partial charge is 0.268 e. The molecule has 0 radical (unpaired) electrons. The number of hydrogen-bond donors (Lipinski definition) is 2. The molecule has 1 saturated heterocycles. The molecule has 4 nitrogen and oxygen atoms in total. The Morgan fingerprint density at radius 1 is 1.61 bits per heavy atom. The molecule has 0 aromatic carbocycles. The number of carbonyl (C=O) groups is 1. The first-order valence-electron chi connectivity index (χ1n) is 6.11. The van der Waals surface area contributed by atoms with Crippen LogP contribution in [-0.2, 0) is 6.54 Å². The lowest BCUT2D eigenvalue weighted by atomic mass is 10.1. The summed E-state index contributed by atoms with van der Waals surface area (Å²) in [5, 5.41) is 6.06. The molecule has 18 heavy (non-hydrogen) atoms. The minimum absolute atomic E-state index is 0.0844. The highest BCUT2D eigenvalue weighted by Gasteiger charge is 2.19. The van der Waals surface area contributed by atoms with Gasteiger partial charge in [-0.05, 0) is 31.5 Å². The van der Waals surface area contributed by atoms with Crippen molar-refractivity contribution >= 4 is 5.91 Å². The summed E-state index contributed by atoms with van der Waals surface area (Å²) in [4.78, 5) is 12.0. The van der Waals surface area contributed by atoms with Gasteiger partial charge in [0, 0.05) is 18.8 Å². The molecular weight excluding hydrogens is 240 g/mol. The van der Waals surface area contributed by atoms with Crippen LogP contribution in [0.15, 0.2) is 18.3 Å². The average molecular weight is 257 g/mol. The maximum absolute atomic E-state index is 12.3. The topological polar surface area (TPSA) is 46.1 Å². The van der Waals surface area contributed by atoms with Crippen LogP contribution in [0.4, 0.5) is 8.78 Å². The number of halogens is 2. The number of rotatable bonds is 4. The molecule has 0 bridgehead atoms. The van der Waals surface area contributed by atoms with E-state index in [1.165, 1.54) is 10.8 Å². The molecule has 1 aromatic rings. The predicted molar refractivity (Wildman–Crippen MR) is 63.8 cm³/mol. The first kappa shape index (κ1) is 13.0. The molecule has 0 aliphatic carbocycles. The van der Waals surface area contributed by atoms with Gasteiger partial charge < -0.3 is 15.2 Å². The summed E-state index contributed by atoms with van der Waals surface area (Å²) < 4.78 is 26.0. The van der Waals surface area contributed by atoms with Gasteiger partial charge in [0.05, 0.1) is 6.54 Å². The Bertz CT molecular complexity index is 400. The van der Waals surface area contributed by atoms with Crippen LogP contribution in [0.25, 0.3) is 0 Å². The van der Waals surface area contributed by atoms with Gasteiger partial charge >= 0.3 is 0 Å². The van der Waals surface area contributed by atoms with E-state index in [1.807, 2.05) is 0 Å². The minimum Gasteiger partial charge on any atom is -0.347 e. The molecule has 2 heterocycles. The summed E-state index contributed by atoms with van der Waals surface area (Å²) in [6.07, 6.45) is 0.984. The summed E-state index contributed by atoms with van der Waals surface area (Å²) in [5.74, 6) is -0.283. The molecule has 1 aliphatic heterocycles. The molecule has 6 heteroatoms. The van der Waals surface area contributed by atoms with Crippen molar-refractivity contribution in [3.8, 4) is 0 Å². The zero-order valence-corrected chi connectivity index (χ0v) is 10.0. The SMILES string of the molecule is O=C(N[C@@H]1CCCNC1)c1cccn1CC(F)F. The number of aromatic nitrogens is 1. The molecule has 2 N–H and O–H groups in total. The monoisotopic (exact) mass is 257 g/mol. The molecule has 100 valence electrons. The lowest BCUT2D eigenvalue weighted by Crippen LogP contribution is -2.46. The Kier molecular flexibility index (Phi) is 4.30. The van der Waals surface area contributed by atoms with Gasteiger partial charge in [-0.1, -0.05) is 0 Å². The van der Waals surface area contributed by atoms with Gasteiger partial charge in [0.15, 0.2) is 0 Å². The van der Waals surface area contributed by atoms with Crippen molar-refractivity contribution in [1.82, 2.24) is 15.2 Å². The largest absolute Gasteiger partial charge is 0.347 e. The van der Waals surface area contributed by atoms with E-state index >= 15 is 0 Å². The van der Waals surface area contributed by atoms with Crippen LogP contribution in [0, 0.1) is 0 Å². The molecule has 1 atom stereocenters. The highest BCUT2D eigenvalue weighted by Crippen LogP contribution is 2.08. The maximum atomic E-state index is 12.3. The van der Waals surface area contributed by atoms with Crippen molar-refractivity contribution in [3.05, 3.63) is 24.0 Å². The van der Waals surface area contributed by atoms with Crippen LogP contribution in [0.5, 0.6) is 0 Å². The first-order chi connectivity index (χ1) is 8.66. The lowest BCUT2D eigenvalue weighted by Gasteiger charge is -2.24. The van der Waals surface area contributed by atoms with E-state index in [9.17, 15) is 13.6 Å². The van der Waals surface area contributed by atoms with Gasteiger partial charge in [0.2, 0.25) is 0 Å². The third-order valence-corrected chi connectivity index (χ3v) is 3.03. The molecule has 1 aromatic heterocycles. The summed E-state index contributed by atoms with van der Waals surface area (Å²) in [6.45, 7) is 1.26. The standard InChI is InChI=1S/C12H17F2N3O/c13-11(14)8-17-6-2-4-10(17)12(18)16-9-3-1-5-15-7-9/h2,4,6,9,11,15H,1,3,5,7-8H2,(H,16,18)/t9-/m1/s1. The third kappa shape index (κ3) is 3.29. The second kappa shape index (κ2) is 5.95. The van der Waals surface area contributed by atoms with Crippen molar-refractivity contribution in [2.45, 2.75) is 31.9 Å². The zero-order chi connectivity index (χ0) is 13.0. The van der Waals surface area contributed by atoms with E-state index < -0.39 is 13.0 Å². The minimum atomic E-state index is -2.46. The van der Waals surface area contributed by atoms with Crippen molar-refractivity contribution in [2.24, 2.45) is 0 Å². The molecule has 2 rings (SSSR count). The van der Waals surface area contributed by atoms with E-state index in [-0.39, 0.29) is 11.9 Å². The summed E-state index contributed by atoms with van der Waals surface area (Å²) in [6, 6.07) is 3.26. The molecule has 1 aliphatic rings. The van der Waals surface area contributed by atoms with Gasteiger partial charge in [0.1, 0.15) is 5.69 Å². The van der Waals surface area contributed by atoms with Crippen molar-refractivity contribution < 1.29 is 13.6 Å². The van der Waals surface area contributed by atoms with E-state index in [0.29, 0.717) is 5.69 Å². The molecule has 1 amide bonds. The average Bonchev–Trinajstić information content (AvgIpc) is 2.77. The Hall–Kier alpha value is -1.43.